The van der Waals surface area contributed by atoms with Crippen molar-refractivity contribution in [3.63, 3.8) is 0 Å². The number of benzene rings is 1. The lowest BCUT2D eigenvalue weighted by Gasteiger charge is -2.09. The van der Waals surface area contributed by atoms with E-state index in [1.165, 1.54) is 5.56 Å². The van der Waals surface area contributed by atoms with Crippen LogP contribution >= 0.6 is 0 Å². The smallest absolute Gasteiger partial charge is 0.376 e. The number of hydrogen-bond donors (Lipinski definition) is 1. The number of halogens is 3. The number of ether oxygens (including phenoxy) is 1. The molecule has 0 aliphatic carbocycles. The molecule has 0 spiro atoms. The normalized spacial score (nSPS) is 12.1. The van der Waals surface area contributed by atoms with Gasteiger partial charge in [0.05, 0.1) is 19.6 Å². The summed E-state index contributed by atoms with van der Waals surface area (Å²) >= 11 is 0. The molecule has 20 heavy (non-hydrogen) atoms. The molecule has 1 aromatic carbocycles. The van der Waals surface area contributed by atoms with Gasteiger partial charge in [0.25, 0.3) is 0 Å². The highest BCUT2D eigenvalue weighted by Gasteiger charge is 2.26. The molecule has 1 N–H and O–H groups in total. The number of rotatable bonds is 8. The molecule has 0 heterocycles. The van der Waals surface area contributed by atoms with Crippen LogP contribution in [0.4, 0.5) is 13.2 Å². The third-order valence-electron chi connectivity index (χ3n) is 2.79. The van der Waals surface area contributed by atoms with Crippen molar-refractivity contribution in [2.75, 3.05) is 13.2 Å². The predicted molar refractivity (Wildman–Crippen MR) is 73.6 cm³/mol. The Kier molecular flexibility index (Phi) is 7.02. The van der Waals surface area contributed by atoms with E-state index in [4.69, 9.17) is 4.74 Å². The monoisotopic (exact) mass is 289 g/mol. The van der Waals surface area contributed by atoms with E-state index in [1.807, 2.05) is 24.3 Å². The van der Waals surface area contributed by atoms with Crippen molar-refractivity contribution >= 4 is 0 Å². The third kappa shape index (κ3) is 8.17. The van der Waals surface area contributed by atoms with Crippen molar-refractivity contribution < 1.29 is 17.9 Å². The van der Waals surface area contributed by atoms with E-state index >= 15 is 0 Å². The fraction of sp³-hybridized carbons (Fsp3) is 0.600. The van der Waals surface area contributed by atoms with Crippen LogP contribution in [0.25, 0.3) is 0 Å². The van der Waals surface area contributed by atoms with Gasteiger partial charge in [-0.15, -0.1) is 0 Å². The molecular weight excluding hydrogens is 267 g/mol. The van der Waals surface area contributed by atoms with Gasteiger partial charge in [0.1, 0.15) is 0 Å². The summed E-state index contributed by atoms with van der Waals surface area (Å²) < 4.78 is 40.8. The van der Waals surface area contributed by atoms with Crippen molar-refractivity contribution in [2.45, 2.75) is 45.5 Å². The summed E-state index contributed by atoms with van der Waals surface area (Å²) in [5, 5.41) is 3.33. The maximum absolute atomic E-state index is 11.9. The maximum Gasteiger partial charge on any atom is 0.391 e. The minimum absolute atomic E-state index is 0.223. The third-order valence-corrected chi connectivity index (χ3v) is 2.79. The molecule has 0 fully saturated rings. The van der Waals surface area contributed by atoms with Crippen LogP contribution in [0, 0.1) is 0 Å². The van der Waals surface area contributed by atoms with Crippen molar-refractivity contribution in [1.82, 2.24) is 5.32 Å². The highest BCUT2D eigenvalue weighted by Crippen LogP contribution is 2.19. The zero-order valence-corrected chi connectivity index (χ0v) is 12.0. The largest absolute Gasteiger partial charge is 0.391 e. The van der Waals surface area contributed by atoms with Crippen molar-refractivity contribution in [3.05, 3.63) is 35.4 Å². The van der Waals surface area contributed by atoms with Crippen LogP contribution in [0.3, 0.4) is 0 Å². The van der Waals surface area contributed by atoms with Crippen molar-refractivity contribution in [1.29, 1.82) is 0 Å². The molecule has 0 radical (unpaired) electrons. The van der Waals surface area contributed by atoms with Gasteiger partial charge >= 0.3 is 6.18 Å². The molecule has 0 saturated carbocycles. The minimum Gasteiger partial charge on any atom is -0.376 e. The molecule has 0 unspecified atom stereocenters. The van der Waals surface area contributed by atoms with Crippen LogP contribution in [0.2, 0.25) is 0 Å². The molecule has 0 aliphatic rings. The Hall–Kier alpha value is -1.07. The second-order valence-electron chi connectivity index (χ2n) is 5.09. The van der Waals surface area contributed by atoms with Crippen molar-refractivity contribution in [2.24, 2.45) is 0 Å². The molecule has 0 aromatic heterocycles. The molecule has 0 amide bonds. The quantitative estimate of drug-likeness (QED) is 0.737. The average molecular weight is 289 g/mol. The maximum atomic E-state index is 11.9. The first-order valence-electron chi connectivity index (χ1n) is 6.82. The van der Waals surface area contributed by atoms with Gasteiger partial charge in [0, 0.05) is 6.04 Å². The first-order valence-corrected chi connectivity index (χ1v) is 6.82. The van der Waals surface area contributed by atoms with E-state index in [9.17, 15) is 13.2 Å². The summed E-state index contributed by atoms with van der Waals surface area (Å²) in [7, 11) is 0. The summed E-state index contributed by atoms with van der Waals surface area (Å²) in [5.41, 5.74) is 2.10. The second kappa shape index (κ2) is 8.27. The standard InChI is InChI=1S/C15H22F3NO/c1-12(2)19-9-7-13-3-5-14(6-4-13)11-20-10-8-15(16,17)18/h3-6,12,19H,7-11H2,1-2H3. The second-order valence-corrected chi connectivity index (χ2v) is 5.09. The minimum atomic E-state index is -4.15. The molecule has 114 valence electrons. The summed E-state index contributed by atoms with van der Waals surface area (Å²) in [5.74, 6) is 0. The Bertz CT molecular complexity index is 374. The van der Waals surface area contributed by atoms with Crippen LogP contribution in [0.15, 0.2) is 24.3 Å². The summed E-state index contributed by atoms with van der Waals surface area (Å²) in [6, 6.07) is 8.25. The molecule has 0 bridgehead atoms. The summed E-state index contributed by atoms with van der Waals surface area (Å²) in [6.45, 7) is 5.05. The molecule has 0 atom stereocenters. The van der Waals surface area contributed by atoms with Gasteiger partial charge in [-0.25, -0.2) is 0 Å². The molecular formula is C15H22F3NO. The van der Waals surface area contributed by atoms with Gasteiger partial charge in [0.2, 0.25) is 0 Å². The van der Waals surface area contributed by atoms with Crippen LogP contribution in [0.1, 0.15) is 31.4 Å². The van der Waals surface area contributed by atoms with Gasteiger partial charge < -0.3 is 10.1 Å². The fourth-order valence-electron chi connectivity index (χ4n) is 1.69. The van der Waals surface area contributed by atoms with Gasteiger partial charge in [-0.2, -0.15) is 13.2 Å². The first kappa shape index (κ1) is 17.0. The Morgan fingerprint density at radius 2 is 1.70 bits per heavy atom. The Morgan fingerprint density at radius 3 is 2.25 bits per heavy atom. The Labute approximate surface area is 118 Å². The van der Waals surface area contributed by atoms with Crippen LogP contribution in [-0.2, 0) is 17.8 Å². The molecule has 0 aliphatic heterocycles. The zero-order chi connectivity index (χ0) is 15.0. The van der Waals surface area contributed by atoms with E-state index < -0.39 is 12.6 Å². The van der Waals surface area contributed by atoms with Gasteiger partial charge in [-0.1, -0.05) is 38.1 Å². The summed E-state index contributed by atoms with van der Waals surface area (Å²) in [4.78, 5) is 0. The number of nitrogens with one attached hydrogen (secondary N) is 1. The van der Waals surface area contributed by atoms with Gasteiger partial charge in [0.15, 0.2) is 0 Å². The number of hydrogen-bond acceptors (Lipinski definition) is 2. The highest BCUT2D eigenvalue weighted by molar-refractivity contribution is 5.22. The molecule has 1 rings (SSSR count). The van der Waals surface area contributed by atoms with E-state index in [-0.39, 0.29) is 13.2 Å². The van der Waals surface area contributed by atoms with Crippen LogP contribution in [0.5, 0.6) is 0 Å². The van der Waals surface area contributed by atoms with E-state index in [2.05, 4.69) is 19.2 Å². The lowest BCUT2D eigenvalue weighted by Crippen LogP contribution is -2.24. The highest BCUT2D eigenvalue weighted by atomic mass is 19.4. The van der Waals surface area contributed by atoms with Gasteiger partial charge in [-0.05, 0) is 24.1 Å². The topological polar surface area (TPSA) is 21.3 Å². The van der Waals surface area contributed by atoms with Gasteiger partial charge in [-0.3, -0.25) is 0 Å². The van der Waals surface area contributed by atoms with Crippen LogP contribution in [-0.4, -0.2) is 25.4 Å². The van der Waals surface area contributed by atoms with Crippen LogP contribution < -0.4 is 5.32 Å². The lowest BCUT2D eigenvalue weighted by atomic mass is 10.1. The Morgan fingerprint density at radius 1 is 1.10 bits per heavy atom. The van der Waals surface area contributed by atoms with E-state index in [0.717, 1.165) is 18.5 Å². The molecule has 0 saturated heterocycles. The molecule has 1 aromatic rings. The fourth-order valence-corrected chi connectivity index (χ4v) is 1.69. The van der Waals surface area contributed by atoms with Crippen molar-refractivity contribution in [3.8, 4) is 0 Å². The summed E-state index contributed by atoms with van der Waals surface area (Å²) in [6.07, 6.45) is -4.10. The number of alkyl halides is 3. The molecule has 5 heteroatoms. The molecule has 2 nitrogen and oxygen atoms in total. The van der Waals surface area contributed by atoms with E-state index in [0.29, 0.717) is 6.04 Å². The van der Waals surface area contributed by atoms with E-state index in [1.54, 1.807) is 0 Å². The lowest BCUT2D eigenvalue weighted by molar-refractivity contribution is -0.146. The Balaban J connectivity index is 2.25. The SMILES string of the molecule is CC(C)NCCc1ccc(COCCC(F)(F)F)cc1. The first-order chi connectivity index (χ1) is 9.37. The average Bonchev–Trinajstić information content (AvgIpc) is 2.35. The zero-order valence-electron chi connectivity index (χ0n) is 12.0. The predicted octanol–water partition coefficient (Wildman–Crippen LogP) is 3.70.